The number of ether oxygens (including phenoxy) is 1. The van der Waals surface area contributed by atoms with Crippen LogP contribution in [0.2, 0.25) is 0 Å². The monoisotopic (exact) mass is 278 g/mol. The molecular formula is C15H26N4O. The van der Waals surface area contributed by atoms with Crippen LogP contribution in [0, 0.1) is 13.8 Å². The second-order valence-corrected chi connectivity index (χ2v) is 6.17. The van der Waals surface area contributed by atoms with E-state index < -0.39 is 0 Å². The van der Waals surface area contributed by atoms with E-state index in [-0.39, 0.29) is 11.7 Å². The molecular weight excluding hydrogens is 252 g/mol. The van der Waals surface area contributed by atoms with Gasteiger partial charge < -0.3 is 15.0 Å². The predicted molar refractivity (Wildman–Crippen MR) is 82.5 cm³/mol. The summed E-state index contributed by atoms with van der Waals surface area (Å²) in [6, 6.07) is 0. The van der Waals surface area contributed by atoms with Gasteiger partial charge >= 0.3 is 0 Å². The fourth-order valence-corrected chi connectivity index (χ4v) is 2.88. The minimum atomic E-state index is -0.151. The Morgan fingerprint density at radius 2 is 2.05 bits per heavy atom. The molecule has 1 aliphatic heterocycles. The van der Waals surface area contributed by atoms with Gasteiger partial charge in [-0.2, -0.15) is 0 Å². The maximum absolute atomic E-state index is 5.97. The van der Waals surface area contributed by atoms with E-state index in [9.17, 15) is 0 Å². The Hall–Kier alpha value is -1.36. The number of rotatable bonds is 3. The molecule has 0 saturated carbocycles. The van der Waals surface area contributed by atoms with Gasteiger partial charge in [0.05, 0.1) is 11.7 Å². The van der Waals surface area contributed by atoms with Gasteiger partial charge in [-0.15, -0.1) is 0 Å². The van der Waals surface area contributed by atoms with E-state index in [0.29, 0.717) is 0 Å². The molecule has 0 amide bonds. The van der Waals surface area contributed by atoms with Crippen LogP contribution in [0.25, 0.3) is 0 Å². The van der Waals surface area contributed by atoms with Crippen LogP contribution in [0.3, 0.4) is 0 Å². The lowest BCUT2D eigenvalue weighted by atomic mass is 10.1. The van der Waals surface area contributed by atoms with Crippen molar-refractivity contribution in [2.75, 3.05) is 29.9 Å². The van der Waals surface area contributed by atoms with Crippen molar-refractivity contribution in [2.45, 2.75) is 53.2 Å². The number of aromatic nitrogens is 2. The van der Waals surface area contributed by atoms with Crippen molar-refractivity contribution in [3.63, 3.8) is 0 Å². The number of hydrogen-bond acceptors (Lipinski definition) is 5. The highest BCUT2D eigenvalue weighted by Crippen LogP contribution is 2.29. The van der Waals surface area contributed by atoms with Crippen molar-refractivity contribution in [1.82, 2.24) is 9.97 Å². The molecule has 1 N–H and O–H groups in total. The van der Waals surface area contributed by atoms with Gasteiger partial charge in [0.1, 0.15) is 17.5 Å². The van der Waals surface area contributed by atoms with E-state index in [1.807, 2.05) is 6.92 Å². The molecule has 2 rings (SSSR count). The third kappa shape index (κ3) is 3.20. The highest BCUT2D eigenvalue weighted by Gasteiger charge is 2.33. The van der Waals surface area contributed by atoms with Crippen LogP contribution in [0.5, 0.6) is 0 Å². The Morgan fingerprint density at radius 3 is 2.65 bits per heavy atom. The van der Waals surface area contributed by atoms with Crippen molar-refractivity contribution < 1.29 is 4.74 Å². The minimum Gasteiger partial charge on any atom is -0.370 e. The van der Waals surface area contributed by atoms with Gasteiger partial charge in [-0.05, 0) is 41.5 Å². The Labute approximate surface area is 121 Å². The second kappa shape index (κ2) is 5.56. The number of morpholine rings is 1. The van der Waals surface area contributed by atoms with Crippen LogP contribution >= 0.6 is 0 Å². The lowest BCUT2D eigenvalue weighted by molar-refractivity contribution is -0.0752. The molecule has 1 aliphatic rings. The van der Waals surface area contributed by atoms with Gasteiger partial charge in [-0.3, -0.25) is 0 Å². The quantitative estimate of drug-likeness (QED) is 0.920. The maximum atomic E-state index is 5.97. The minimum absolute atomic E-state index is 0.151. The van der Waals surface area contributed by atoms with Crippen LogP contribution in [0.1, 0.15) is 39.1 Å². The molecule has 1 saturated heterocycles. The van der Waals surface area contributed by atoms with E-state index >= 15 is 0 Å². The average Bonchev–Trinajstić information content (AvgIpc) is 2.31. The summed E-state index contributed by atoms with van der Waals surface area (Å²) in [6.45, 7) is 15.1. The molecule has 20 heavy (non-hydrogen) atoms. The second-order valence-electron chi connectivity index (χ2n) is 6.17. The number of hydrogen-bond donors (Lipinski definition) is 1. The average molecular weight is 278 g/mol. The molecule has 0 bridgehead atoms. The molecule has 0 aliphatic carbocycles. The third-order valence-corrected chi connectivity index (χ3v) is 3.45. The standard InChI is InChI=1S/C15H26N4O/c1-7-16-13-11(3)14(18-12(4)17-13)19-8-10(2)20-15(5,6)9-19/h10H,7-9H2,1-6H3,(H,16,17,18). The van der Waals surface area contributed by atoms with Gasteiger partial charge in [0.15, 0.2) is 0 Å². The van der Waals surface area contributed by atoms with Gasteiger partial charge in [0.25, 0.3) is 0 Å². The molecule has 1 atom stereocenters. The van der Waals surface area contributed by atoms with Crippen molar-refractivity contribution in [1.29, 1.82) is 0 Å². The smallest absolute Gasteiger partial charge is 0.137 e. The number of nitrogens with zero attached hydrogens (tertiary/aromatic N) is 3. The zero-order valence-corrected chi connectivity index (χ0v) is 13.4. The highest BCUT2D eigenvalue weighted by atomic mass is 16.5. The first-order valence-electron chi connectivity index (χ1n) is 7.34. The van der Waals surface area contributed by atoms with E-state index in [1.54, 1.807) is 0 Å². The summed E-state index contributed by atoms with van der Waals surface area (Å²) in [6.07, 6.45) is 0.205. The van der Waals surface area contributed by atoms with Crippen molar-refractivity contribution in [3.05, 3.63) is 11.4 Å². The Kier molecular flexibility index (Phi) is 4.18. The fraction of sp³-hybridized carbons (Fsp3) is 0.733. The first-order valence-corrected chi connectivity index (χ1v) is 7.34. The zero-order valence-electron chi connectivity index (χ0n) is 13.4. The van der Waals surface area contributed by atoms with Gasteiger partial charge in [0, 0.05) is 25.2 Å². The topological polar surface area (TPSA) is 50.3 Å². The summed E-state index contributed by atoms with van der Waals surface area (Å²) >= 11 is 0. The SMILES string of the molecule is CCNc1nc(C)nc(N2CC(C)OC(C)(C)C2)c1C. The summed E-state index contributed by atoms with van der Waals surface area (Å²) < 4.78 is 5.97. The van der Waals surface area contributed by atoms with Crippen LogP contribution in [-0.4, -0.2) is 41.3 Å². The Bertz CT molecular complexity index is 487. The Morgan fingerprint density at radius 1 is 1.35 bits per heavy atom. The van der Waals surface area contributed by atoms with Crippen molar-refractivity contribution in [3.8, 4) is 0 Å². The fourth-order valence-electron chi connectivity index (χ4n) is 2.88. The summed E-state index contributed by atoms with van der Waals surface area (Å²) in [5, 5.41) is 3.32. The highest BCUT2D eigenvalue weighted by molar-refractivity contribution is 5.59. The van der Waals surface area contributed by atoms with Gasteiger partial charge in [-0.25, -0.2) is 9.97 Å². The number of nitrogens with one attached hydrogen (secondary N) is 1. The molecule has 2 heterocycles. The predicted octanol–water partition coefficient (Wildman–Crippen LogP) is 2.53. The van der Waals surface area contributed by atoms with Crippen molar-refractivity contribution in [2.24, 2.45) is 0 Å². The molecule has 0 aromatic carbocycles. The van der Waals surface area contributed by atoms with Crippen LogP contribution in [-0.2, 0) is 4.74 Å². The lowest BCUT2D eigenvalue weighted by Gasteiger charge is -2.42. The molecule has 1 fully saturated rings. The van der Waals surface area contributed by atoms with Crippen molar-refractivity contribution >= 4 is 11.6 Å². The van der Waals surface area contributed by atoms with Gasteiger partial charge in [0.2, 0.25) is 0 Å². The molecule has 0 radical (unpaired) electrons. The molecule has 5 nitrogen and oxygen atoms in total. The van der Waals surface area contributed by atoms with E-state index in [1.165, 1.54) is 0 Å². The summed E-state index contributed by atoms with van der Waals surface area (Å²) in [5.41, 5.74) is 0.962. The summed E-state index contributed by atoms with van der Waals surface area (Å²) in [4.78, 5) is 11.5. The van der Waals surface area contributed by atoms with E-state index in [0.717, 1.165) is 42.7 Å². The third-order valence-electron chi connectivity index (χ3n) is 3.45. The van der Waals surface area contributed by atoms with Crippen LogP contribution in [0.4, 0.5) is 11.6 Å². The zero-order chi connectivity index (χ0) is 14.9. The van der Waals surface area contributed by atoms with Crippen LogP contribution in [0.15, 0.2) is 0 Å². The molecule has 0 spiro atoms. The summed E-state index contributed by atoms with van der Waals surface area (Å²) in [7, 11) is 0. The van der Waals surface area contributed by atoms with Gasteiger partial charge in [-0.1, -0.05) is 0 Å². The maximum Gasteiger partial charge on any atom is 0.137 e. The lowest BCUT2D eigenvalue weighted by Crippen LogP contribution is -2.52. The summed E-state index contributed by atoms with van der Waals surface area (Å²) in [5.74, 6) is 2.77. The normalized spacial score (nSPS) is 21.9. The van der Waals surface area contributed by atoms with Crippen LogP contribution < -0.4 is 10.2 Å². The number of anilines is 2. The molecule has 5 heteroatoms. The van der Waals surface area contributed by atoms with E-state index in [2.05, 4.69) is 54.8 Å². The first-order chi connectivity index (χ1) is 9.32. The molecule has 112 valence electrons. The Balaban J connectivity index is 2.36. The molecule has 1 aromatic heterocycles. The molecule has 1 aromatic rings. The molecule has 1 unspecified atom stereocenters. The van der Waals surface area contributed by atoms with E-state index in [4.69, 9.17) is 4.74 Å². The first kappa shape index (κ1) is 15.0. The largest absolute Gasteiger partial charge is 0.370 e. The number of aryl methyl sites for hydroxylation is 1.